The molecule has 0 amide bonds. The Bertz CT molecular complexity index is 709. The first-order chi connectivity index (χ1) is 8.65. The van der Waals surface area contributed by atoms with Gasteiger partial charge in [0.05, 0.1) is 17.6 Å². The first kappa shape index (κ1) is 10.8. The molecule has 3 rings (SSSR count). The van der Waals surface area contributed by atoms with Gasteiger partial charge in [0, 0.05) is 7.05 Å². The fraction of sp³-hybridized carbons (Fsp3) is 0.250. The molecule has 3 aromatic rings. The van der Waals surface area contributed by atoms with Crippen LogP contribution in [0.25, 0.3) is 11.0 Å². The Kier molecular flexibility index (Phi) is 2.29. The van der Waals surface area contributed by atoms with Gasteiger partial charge < -0.3 is 14.9 Å². The van der Waals surface area contributed by atoms with E-state index in [1.54, 1.807) is 6.33 Å². The Morgan fingerprint density at radius 2 is 2.17 bits per heavy atom. The van der Waals surface area contributed by atoms with Gasteiger partial charge >= 0.3 is 0 Å². The molecule has 0 aliphatic carbocycles. The minimum absolute atomic E-state index is 0.499. The first-order valence-corrected chi connectivity index (χ1v) is 5.70. The van der Waals surface area contributed by atoms with E-state index in [4.69, 9.17) is 5.73 Å². The SMILES string of the molecule is Cc1ccc2nc(N)n(Cc3nncn3C)c2c1. The molecule has 18 heavy (non-hydrogen) atoms. The molecule has 6 heteroatoms. The highest BCUT2D eigenvalue weighted by atomic mass is 15.3. The van der Waals surface area contributed by atoms with Crippen LogP contribution in [0.2, 0.25) is 0 Å². The van der Waals surface area contributed by atoms with E-state index >= 15 is 0 Å². The molecule has 2 N–H and O–H groups in total. The van der Waals surface area contributed by atoms with Crippen molar-refractivity contribution < 1.29 is 0 Å². The van der Waals surface area contributed by atoms with Crippen molar-refractivity contribution in [2.24, 2.45) is 7.05 Å². The molecule has 2 heterocycles. The molecular formula is C12H14N6. The van der Waals surface area contributed by atoms with Gasteiger partial charge in [0.15, 0.2) is 5.82 Å². The molecule has 0 bridgehead atoms. The number of benzene rings is 1. The molecule has 1 aromatic carbocycles. The molecule has 92 valence electrons. The van der Waals surface area contributed by atoms with Crippen molar-refractivity contribution >= 4 is 17.0 Å². The lowest BCUT2D eigenvalue weighted by atomic mass is 10.2. The van der Waals surface area contributed by atoms with E-state index in [0.29, 0.717) is 12.5 Å². The second kappa shape index (κ2) is 3.83. The third-order valence-electron chi connectivity index (χ3n) is 3.04. The summed E-state index contributed by atoms with van der Waals surface area (Å²) in [6, 6.07) is 6.09. The van der Waals surface area contributed by atoms with E-state index in [-0.39, 0.29) is 0 Å². The smallest absolute Gasteiger partial charge is 0.201 e. The van der Waals surface area contributed by atoms with Crippen LogP contribution in [-0.2, 0) is 13.6 Å². The highest BCUT2D eigenvalue weighted by molar-refractivity contribution is 5.79. The predicted octanol–water partition coefficient (Wildman–Crippen LogP) is 1.10. The number of nitrogens with zero attached hydrogens (tertiary/aromatic N) is 5. The topological polar surface area (TPSA) is 74.6 Å². The van der Waals surface area contributed by atoms with E-state index in [0.717, 1.165) is 16.9 Å². The Hall–Kier alpha value is -2.37. The van der Waals surface area contributed by atoms with Crippen LogP contribution in [0, 0.1) is 6.92 Å². The zero-order chi connectivity index (χ0) is 12.7. The number of anilines is 1. The number of nitrogen functional groups attached to an aromatic ring is 1. The highest BCUT2D eigenvalue weighted by Crippen LogP contribution is 2.20. The fourth-order valence-corrected chi connectivity index (χ4v) is 2.01. The summed E-state index contributed by atoms with van der Waals surface area (Å²) in [5, 5.41) is 7.94. The standard InChI is InChI=1S/C12H14N6/c1-8-3-4-9-10(5-8)18(12(13)15-9)6-11-16-14-7-17(11)2/h3-5,7H,6H2,1-2H3,(H2,13,15). The van der Waals surface area contributed by atoms with Gasteiger partial charge in [-0.3, -0.25) is 0 Å². The molecule has 0 unspecified atom stereocenters. The van der Waals surface area contributed by atoms with E-state index in [2.05, 4.69) is 28.2 Å². The van der Waals surface area contributed by atoms with Crippen molar-refractivity contribution in [1.82, 2.24) is 24.3 Å². The van der Waals surface area contributed by atoms with Crippen molar-refractivity contribution in [3.8, 4) is 0 Å². The van der Waals surface area contributed by atoms with Gasteiger partial charge in [0.1, 0.15) is 6.33 Å². The van der Waals surface area contributed by atoms with Gasteiger partial charge in [0.2, 0.25) is 5.95 Å². The lowest BCUT2D eigenvalue weighted by molar-refractivity contribution is 0.718. The normalized spacial score (nSPS) is 11.2. The molecule has 0 saturated heterocycles. The Morgan fingerprint density at radius 1 is 1.33 bits per heavy atom. The molecule has 0 spiro atoms. The summed E-state index contributed by atoms with van der Waals surface area (Å²) >= 11 is 0. The first-order valence-electron chi connectivity index (χ1n) is 5.70. The maximum absolute atomic E-state index is 5.96. The third kappa shape index (κ3) is 1.62. The Balaban J connectivity index is 2.13. The van der Waals surface area contributed by atoms with E-state index in [9.17, 15) is 0 Å². The summed E-state index contributed by atoms with van der Waals surface area (Å²) in [7, 11) is 1.91. The van der Waals surface area contributed by atoms with Crippen molar-refractivity contribution in [3.63, 3.8) is 0 Å². The average molecular weight is 242 g/mol. The van der Waals surface area contributed by atoms with Crippen LogP contribution in [0.5, 0.6) is 0 Å². The van der Waals surface area contributed by atoms with Crippen LogP contribution < -0.4 is 5.73 Å². The number of hydrogen-bond acceptors (Lipinski definition) is 4. The third-order valence-corrected chi connectivity index (χ3v) is 3.04. The second-order valence-electron chi connectivity index (χ2n) is 4.41. The highest BCUT2D eigenvalue weighted by Gasteiger charge is 2.11. The summed E-state index contributed by atoms with van der Waals surface area (Å²) in [6.45, 7) is 2.62. The number of imidazole rings is 1. The van der Waals surface area contributed by atoms with Gasteiger partial charge in [-0.1, -0.05) is 6.07 Å². The largest absolute Gasteiger partial charge is 0.369 e. The Morgan fingerprint density at radius 3 is 2.89 bits per heavy atom. The molecule has 2 aromatic heterocycles. The molecule has 0 saturated carbocycles. The van der Waals surface area contributed by atoms with Crippen LogP contribution in [0.4, 0.5) is 5.95 Å². The zero-order valence-corrected chi connectivity index (χ0v) is 10.3. The quantitative estimate of drug-likeness (QED) is 0.730. The molecule has 0 aliphatic heterocycles. The number of rotatable bonds is 2. The minimum atomic E-state index is 0.499. The number of aromatic nitrogens is 5. The molecule has 0 atom stereocenters. The molecule has 0 aliphatic rings. The lowest BCUT2D eigenvalue weighted by Gasteiger charge is -2.06. The van der Waals surface area contributed by atoms with E-state index in [1.807, 2.05) is 28.3 Å². The van der Waals surface area contributed by atoms with Crippen LogP contribution >= 0.6 is 0 Å². The van der Waals surface area contributed by atoms with Crippen molar-refractivity contribution in [2.75, 3.05) is 5.73 Å². The minimum Gasteiger partial charge on any atom is -0.369 e. The van der Waals surface area contributed by atoms with Crippen molar-refractivity contribution in [2.45, 2.75) is 13.5 Å². The summed E-state index contributed by atoms with van der Waals surface area (Å²) in [5.74, 6) is 1.35. The number of hydrogen-bond donors (Lipinski definition) is 1. The molecule has 6 nitrogen and oxygen atoms in total. The van der Waals surface area contributed by atoms with Crippen LogP contribution in [0.3, 0.4) is 0 Å². The van der Waals surface area contributed by atoms with Gasteiger partial charge in [-0.05, 0) is 24.6 Å². The van der Waals surface area contributed by atoms with Gasteiger partial charge in [0.25, 0.3) is 0 Å². The van der Waals surface area contributed by atoms with Gasteiger partial charge in [-0.15, -0.1) is 10.2 Å². The Labute approximate surface area is 104 Å². The average Bonchev–Trinajstić information content (AvgIpc) is 2.86. The van der Waals surface area contributed by atoms with E-state index in [1.165, 1.54) is 5.56 Å². The summed E-state index contributed by atoms with van der Waals surface area (Å²) in [6.07, 6.45) is 1.68. The lowest BCUT2D eigenvalue weighted by Crippen LogP contribution is -2.08. The fourth-order valence-electron chi connectivity index (χ4n) is 2.01. The van der Waals surface area contributed by atoms with Crippen molar-refractivity contribution in [1.29, 1.82) is 0 Å². The zero-order valence-electron chi connectivity index (χ0n) is 10.3. The summed E-state index contributed by atoms with van der Waals surface area (Å²) in [4.78, 5) is 4.35. The second-order valence-corrected chi connectivity index (χ2v) is 4.41. The predicted molar refractivity (Wildman–Crippen MR) is 69.0 cm³/mol. The molecule has 0 fully saturated rings. The van der Waals surface area contributed by atoms with Crippen LogP contribution in [0.1, 0.15) is 11.4 Å². The number of aryl methyl sites for hydroxylation is 2. The summed E-state index contributed by atoms with van der Waals surface area (Å²) in [5.41, 5.74) is 9.07. The van der Waals surface area contributed by atoms with Gasteiger partial charge in [-0.2, -0.15) is 0 Å². The monoisotopic (exact) mass is 242 g/mol. The van der Waals surface area contributed by atoms with Crippen molar-refractivity contribution in [3.05, 3.63) is 35.9 Å². The molecular weight excluding hydrogens is 228 g/mol. The van der Waals surface area contributed by atoms with E-state index < -0.39 is 0 Å². The van der Waals surface area contributed by atoms with Crippen LogP contribution in [-0.4, -0.2) is 24.3 Å². The number of nitrogens with two attached hydrogens (primary N) is 1. The maximum atomic E-state index is 5.96. The maximum Gasteiger partial charge on any atom is 0.201 e. The summed E-state index contributed by atoms with van der Waals surface area (Å²) < 4.78 is 3.83. The molecule has 0 radical (unpaired) electrons. The van der Waals surface area contributed by atoms with Gasteiger partial charge in [-0.25, -0.2) is 4.98 Å². The van der Waals surface area contributed by atoms with Crippen LogP contribution in [0.15, 0.2) is 24.5 Å². The number of fused-ring (bicyclic) bond motifs is 1.